The van der Waals surface area contributed by atoms with Gasteiger partial charge < -0.3 is 15.7 Å². The molecule has 0 bridgehead atoms. The molecular formula is C15H22N2O3. The van der Waals surface area contributed by atoms with Crippen LogP contribution >= 0.6 is 0 Å². The molecule has 1 aromatic rings. The first-order valence-corrected chi connectivity index (χ1v) is 6.84. The Morgan fingerprint density at radius 1 is 1.15 bits per heavy atom. The lowest BCUT2D eigenvalue weighted by molar-refractivity contribution is -0.119. The van der Waals surface area contributed by atoms with Gasteiger partial charge in [-0.2, -0.15) is 0 Å². The van der Waals surface area contributed by atoms with Crippen molar-refractivity contribution in [2.75, 3.05) is 17.2 Å². The van der Waals surface area contributed by atoms with Crippen molar-refractivity contribution in [3.05, 3.63) is 24.3 Å². The fourth-order valence-corrected chi connectivity index (χ4v) is 1.58. The zero-order valence-corrected chi connectivity index (χ0v) is 12.0. The average molecular weight is 278 g/mol. The molecule has 0 saturated carbocycles. The number of unbranched alkanes of at least 4 members (excludes halogenated alkanes) is 1. The Morgan fingerprint density at radius 2 is 1.80 bits per heavy atom. The largest absolute Gasteiger partial charge is 0.396 e. The summed E-state index contributed by atoms with van der Waals surface area (Å²) in [6, 6.07) is 7.06. The number of carbonyl (C=O) groups excluding carboxylic acids is 2. The van der Waals surface area contributed by atoms with Crippen molar-refractivity contribution in [1.29, 1.82) is 0 Å². The van der Waals surface area contributed by atoms with Crippen molar-refractivity contribution >= 4 is 23.2 Å². The quantitative estimate of drug-likeness (QED) is 0.670. The van der Waals surface area contributed by atoms with Gasteiger partial charge in [-0.05, 0) is 31.0 Å². The summed E-state index contributed by atoms with van der Waals surface area (Å²) in [5, 5.41) is 14.2. The molecule has 5 heteroatoms. The van der Waals surface area contributed by atoms with Gasteiger partial charge >= 0.3 is 0 Å². The molecule has 110 valence electrons. The highest BCUT2D eigenvalue weighted by Gasteiger charge is 2.08. The second-order valence-corrected chi connectivity index (χ2v) is 4.95. The minimum Gasteiger partial charge on any atom is -0.396 e. The first-order valence-electron chi connectivity index (χ1n) is 6.84. The first-order chi connectivity index (χ1) is 9.52. The van der Waals surface area contributed by atoms with Gasteiger partial charge in [0.25, 0.3) is 0 Å². The van der Waals surface area contributed by atoms with Gasteiger partial charge in [0.15, 0.2) is 0 Å². The van der Waals surface area contributed by atoms with Crippen LogP contribution in [0.5, 0.6) is 0 Å². The minimum absolute atomic E-state index is 0.0589. The molecule has 0 fully saturated rings. The van der Waals surface area contributed by atoms with Crippen LogP contribution in [0.25, 0.3) is 0 Å². The summed E-state index contributed by atoms with van der Waals surface area (Å²) in [7, 11) is 0. The van der Waals surface area contributed by atoms with E-state index < -0.39 is 0 Å². The number of aliphatic hydroxyl groups excluding tert-OH is 1. The van der Waals surface area contributed by atoms with Crippen molar-refractivity contribution in [1.82, 2.24) is 0 Å². The van der Waals surface area contributed by atoms with Crippen LogP contribution in [0, 0.1) is 5.92 Å². The molecule has 0 radical (unpaired) electrons. The van der Waals surface area contributed by atoms with E-state index in [0.29, 0.717) is 30.6 Å². The zero-order valence-electron chi connectivity index (χ0n) is 12.0. The van der Waals surface area contributed by atoms with Gasteiger partial charge in [0.2, 0.25) is 11.8 Å². The summed E-state index contributed by atoms with van der Waals surface area (Å²) in [6.45, 7) is 3.74. The lowest BCUT2D eigenvalue weighted by atomic mass is 10.2. The van der Waals surface area contributed by atoms with Gasteiger partial charge in [0, 0.05) is 30.3 Å². The topological polar surface area (TPSA) is 78.4 Å². The van der Waals surface area contributed by atoms with Crippen LogP contribution in [0.4, 0.5) is 11.4 Å². The van der Waals surface area contributed by atoms with E-state index in [2.05, 4.69) is 10.6 Å². The third kappa shape index (κ3) is 5.84. The van der Waals surface area contributed by atoms with Crippen molar-refractivity contribution in [3.8, 4) is 0 Å². The molecule has 0 aliphatic rings. The van der Waals surface area contributed by atoms with E-state index in [1.54, 1.807) is 24.3 Å². The number of aliphatic hydroxyl groups is 1. The summed E-state index contributed by atoms with van der Waals surface area (Å²) in [4.78, 5) is 23.2. The first kappa shape index (κ1) is 16.2. The van der Waals surface area contributed by atoms with Crippen LogP contribution in [-0.2, 0) is 9.59 Å². The maximum absolute atomic E-state index is 11.6. The molecule has 0 aliphatic carbocycles. The number of carbonyl (C=O) groups is 2. The van der Waals surface area contributed by atoms with Crippen molar-refractivity contribution in [3.63, 3.8) is 0 Å². The van der Waals surface area contributed by atoms with Gasteiger partial charge in [-0.15, -0.1) is 0 Å². The molecule has 5 nitrogen and oxygen atoms in total. The smallest absolute Gasteiger partial charge is 0.226 e. The summed E-state index contributed by atoms with van der Waals surface area (Å²) >= 11 is 0. The average Bonchev–Trinajstić information content (AvgIpc) is 2.39. The third-order valence-electron chi connectivity index (χ3n) is 2.75. The van der Waals surface area contributed by atoms with Gasteiger partial charge in [-0.3, -0.25) is 9.59 Å². The second kappa shape index (κ2) is 8.32. The van der Waals surface area contributed by atoms with Crippen LogP contribution < -0.4 is 10.6 Å². The van der Waals surface area contributed by atoms with E-state index >= 15 is 0 Å². The monoisotopic (exact) mass is 278 g/mol. The van der Waals surface area contributed by atoms with Crippen LogP contribution in [0.15, 0.2) is 24.3 Å². The van der Waals surface area contributed by atoms with Gasteiger partial charge in [-0.25, -0.2) is 0 Å². The number of nitrogens with one attached hydrogen (secondary N) is 2. The predicted molar refractivity (Wildman–Crippen MR) is 79.5 cm³/mol. The molecule has 0 saturated heterocycles. The summed E-state index contributed by atoms with van der Waals surface area (Å²) in [5.74, 6) is -0.242. The molecule has 20 heavy (non-hydrogen) atoms. The van der Waals surface area contributed by atoms with E-state index in [0.717, 1.165) is 0 Å². The van der Waals surface area contributed by atoms with Crippen LogP contribution in [0.3, 0.4) is 0 Å². The van der Waals surface area contributed by atoms with Crippen molar-refractivity contribution < 1.29 is 14.7 Å². The SMILES string of the molecule is CC(C)C(=O)Nc1cccc(NC(=O)CCCCO)c1. The Hall–Kier alpha value is -1.88. The number of benzene rings is 1. The minimum atomic E-state index is -0.0919. The lowest BCUT2D eigenvalue weighted by Crippen LogP contribution is -2.18. The molecule has 0 aromatic heterocycles. The van der Waals surface area contributed by atoms with Gasteiger partial charge in [0.05, 0.1) is 0 Å². The van der Waals surface area contributed by atoms with Crippen LogP contribution in [0.2, 0.25) is 0 Å². The Balaban J connectivity index is 2.55. The Labute approximate surface area is 119 Å². The normalized spacial score (nSPS) is 10.4. The summed E-state index contributed by atoms with van der Waals surface area (Å²) < 4.78 is 0. The van der Waals surface area contributed by atoms with Gasteiger partial charge in [0.1, 0.15) is 0 Å². The zero-order chi connectivity index (χ0) is 15.0. The van der Waals surface area contributed by atoms with E-state index in [1.165, 1.54) is 0 Å². The molecule has 2 amide bonds. The maximum Gasteiger partial charge on any atom is 0.226 e. The lowest BCUT2D eigenvalue weighted by Gasteiger charge is -2.10. The standard InChI is InChI=1S/C15H22N2O3/c1-11(2)15(20)17-13-7-5-6-12(10-13)16-14(19)8-3-4-9-18/h5-7,10-11,18H,3-4,8-9H2,1-2H3,(H,16,19)(H,17,20). The summed E-state index contributed by atoms with van der Waals surface area (Å²) in [5.41, 5.74) is 1.32. The predicted octanol–water partition coefficient (Wildman–Crippen LogP) is 2.38. The fraction of sp³-hybridized carbons (Fsp3) is 0.467. The maximum atomic E-state index is 11.6. The molecule has 1 rings (SSSR count). The van der Waals surface area contributed by atoms with Crippen molar-refractivity contribution in [2.24, 2.45) is 5.92 Å². The molecular weight excluding hydrogens is 256 g/mol. The molecule has 0 heterocycles. The number of anilines is 2. The molecule has 0 aliphatic heterocycles. The molecule has 0 spiro atoms. The van der Waals surface area contributed by atoms with E-state index in [-0.39, 0.29) is 24.3 Å². The van der Waals surface area contributed by atoms with Crippen molar-refractivity contribution in [2.45, 2.75) is 33.1 Å². The molecule has 1 aromatic carbocycles. The highest BCUT2D eigenvalue weighted by Crippen LogP contribution is 2.16. The Bertz CT molecular complexity index is 458. The number of hydrogen-bond acceptors (Lipinski definition) is 3. The molecule has 0 unspecified atom stereocenters. The fourth-order valence-electron chi connectivity index (χ4n) is 1.58. The highest BCUT2D eigenvalue weighted by atomic mass is 16.3. The number of rotatable bonds is 7. The van der Waals surface area contributed by atoms with E-state index in [4.69, 9.17) is 5.11 Å². The molecule has 0 atom stereocenters. The third-order valence-corrected chi connectivity index (χ3v) is 2.75. The highest BCUT2D eigenvalue weighted by molar-refractivity contribution is 5.94. The van der Waals surface area contributed by atoms with E-state index in [1.807, 2.05) is 13.8 Å². The number of amides is 2. The van der Waals surface area contributed by atoms with E-state index in [9.17, 15) is 9.59 Å². The number of hydrogen-bond donors (Lipinski definition) is 3. The molecule has 3 N–H and O–H groups in total. The van der Waals surface area contributed by atoms with Gasteiger partial charge in [-0.1, -0.05) is 19.9 Å². The summed E-state index contributed by atoms with van der Waals surface area (Å²) in [6.07, 6.45) is 1.66. The second-order valence-electron chi connectivity index (χ2n) is 4.95. The Morgan fingerprint density at radius 3 is 2.40 bits per heavy atom. The van der Waals surface area contributed by atoms with Crippen LogP contribution in [0.1, 0.15) is 33.1 Å². The Kier molecular flexibility index (Phi) is 6.73. The van der Waals surface area contributed by atoms with Crippen LogP contribution in [-0.4, -0.2) is 23.5 Å².